The van der Waals surface area contributed by atoms with Crippen molar-refractivity contribution in [3.63, 3.8) is 0 Å². The second kappa shape index (κ2) is 5.64. The summed E-state index contributed by atoms with van der Waals surface area (Å²) in [6.07, 6.45) is 0.296. The molecule has 2 aromatic heterocycles. The van der Waals surface area contributed by atoms with Gasteiger partial charge in [-0.2, -0.15) is 0 Å². The summed E-state index contributed by atoms with van der Waals surface area (Å²) in [6.45, 7) is 1.58. The molecule has 0 aliphatic rings. The van der Waals surface area contributed by atoms with Crippen LogP contribution in [-0.2, 0) is 0 Å². The Hall–Kier alpha value is -3.03. The number of nitrogens with zero attached hydrogens (tertiary/aromatic N) is 3. The van der Waals surface area contributed by atoms with Gasteiger partial charge in [-0.05, 0) is 31.2 Å². The fourth-order valence-corrected chi connectivity index (χ4v) is 2.39. The van der Waals surface area contributed by atoms with E-state index in [4.69, 9.17) is 5.11 Å². The summed E-state index contributed by atoms with van der Waals surface area (Å²) in [5, 5.41) is 11.2. The third-order valence-corrected chi connectivity index (χ3v) is 3.27. The first kappa shape index (κ1) is 14.9. The number of nitrogens with one attached hydrogen (secondary N) is 1. The van der Waals surface area contributed by atoms with Crippen LogP contribution in [0.15, 0.2) is 36.5 Å². The maximum atomic E-state index is 13.6. The quantitative estimate of drug-likeness (QED) is 0.778. The van der Waals surface area contributed by atoms with Crippen molar-refractivity contribution in [1.82, 2.24) is 19.9 Å². The van der Waals surface area contributed by atoms with Gasteiger partial charge in [0.2, 0.25) is 0 Å². The van der Waals surface area contributed by atoms with Crippen LogP contribution in [0, 0.1) is 11.6 Å². The van der Waals surface area contributed by atoms with E-state index in [0.29, 0.717) is 11.2 Å². The lowest BCUT2D eigenvalue weighted by Crippen LogP contribution is -2.26. The fraction of sp³-hybridized carbons (Fsp3) is 0.133. The van der Waals surface area contributed by atoms with Crippen LogP contribution in [0.25, 0.3) is 16.9 Å². The van der Waals surface area contributed by atoms with Crippen molar-refractivity contribution >= 4 is 17.3 Å². The zero-order valence-corrected chi connectivity index (χ0v) is 12.0. The first-order valence-corrected chi connectivity index (χ1v) is 6.75. The zero-order chi connectivity index (χ0) is 16.6. The SMILES string of the molecule is CC(NC(=O)O)c1nc2cccnc2n1-c1cc(F)cc(F)c1. The molecule has 0 radical (unpaired) electrons. The smallest absolute Gasteiger partial charge is 0.405 e. The van der Waals surface area contributed by atoms with E-state index >= 15 is 0 Å². The number of benzene rings is 1. The standard InChI is InChI=1S/C15H12F2N4O2/c1-8(19-15(22)23)13-20-12-3-2-4-18-14(12)21(13)11-6-9(16)5-10(17)7-11/h2-8,19H,1H3,(H,22,23). The molecule has 118 valence electrons. The number of imidazole rings is 1. The van der Waals surface area contributed by atoms with Crippen LogP contribution in [-0.4, -0.2) is 25.7 Å². The Morgan fingerprint density at radius 1 is 1.30 bits per heavy atom. The van der Waals surface area contributed by atoms with E-state index in [-0.39, 0.29) is 11.5 Å². The van der Waals surface area contributed by atoms with Crippen LogP contribution in [0.5, 0.6) is 0 Å². The van der Waals surface area contributed by atoms with E-state index < -0.39 is 23.8 Å². The molecule has 1 amide bonds. The van der Waals surface area contributed by atoms with Crippen molar-refractivity contribution in [3.8, 4) is 5.69 Å². The molecule has 0 fully saturated rings. The summed E-state index contributed by atoms with van der Waals surface area (Å²) in [5.41, 5.74) is 1.05. The summed E-state index contributed by atoms with van der Waals surface area (Å²) >= 11 is 0. The first-order chi connectivity index (χ1) is 11.0. The van der Waals surface area contributed by atoms with Gasteiger partial charge in [0, 0.05) is 12.3 Å². The largest absolute Gasteiger partial charge is 0.465 e. The van der Waals surface area contributed by atoms with Gasteiger partial charge >= 0.3 is 6.09 Å². The van der Waals surface area contributed by atoms with Gasteiger partial charge in [0.1, 0.15) is 23.0 Å². The van der Waals surface area contributed by atoms with Crippen LogP contribution in [0.4, 0.5) is 13.6 Å². The molecule has 3 rings (SSSR count). The number of carboxylic acid groups (broad SMARTS) is 1. The van der Waals surface area contributed by atoms with Gasteiger partial charge in [0.15, 0.2) is 5.65 Å². The maximum Gasteiger partial charge on any atom is 0.405 e. The number of pyridine rings is 1. The molecule has 0 bridgehead atoms. The van der Waals surface area contributed by atoms with E-state index in [1.165, 1.54) is 10.8 Å². The Morgan fingerprint density at radius 3 is 2.65 bits per heavy atom. The Morgan fingerprint density at radius 2 is 2.00 bits per heavy atom. The molecule has 2 heterocycles. The molecule has 0 aliphatic carbocycles. The number of rotatable bonds is 3. The van der Waals surface area contributed by atoms with Crippen molar-refractivity contribution in [1.29, 1.82) is 0 Å². The van der Waals surface area contributed by atoms with Crippen molar-refractivity contribution in [2.45, 2.75) is 13.0 Å². The molecule has 1 atom stereocenters. The van der Waals surface area contributed by atoms with Gasteiger partial charge in [0.05, 0.1) is 11.7 Å². The fourth-order valence-electron chi connectivity index (χ4n) is 2.39. The van der Waals surface area contributed by atoms with Crippen LogP contribution in [0.3, 0.4) is 0 Å². The van der Waals surface area contributed by atoms with Crippen molar-refractivity contribution in [2.75, 3.05) is 0 Å². The number of aromatic nitrogens is 3. The van der Waals surface area contributed by atoms with Crippen LogP contribution >= 0.6 is 0 Å². The van der Waals surface area contributed by atoms with Crippen molar-refractivity contribution in [2.24, 2.45) is 0 Å². The van der Waals surface area contributed by atoms with E-state index in [1.807, 2.05) is 0 Å². The third kappa shape index (κ3) is 2.83. The highest BCUT2D eigenvalue weighted by Gasteiger charge is 2.20. The second-order valence-corrected chi connectivity index (χ2v) is 4.95. The minimum atomic E-state index is -1.23. The molecular formula is C15H12F2N4O2. The molecule has 1 unspecified atom stereocenters. The van der Waals surface area contributed by atoms with Crippen molar-refractivity contribution in [3.05, 3.63) is 54.0 Å². The number of halogens is 2. The zero-order valence-electron chi connectivity index (χ0n) is 12.0. The highest BCUT2D eigenvalue weighted by atomic mass is 19.1. The average Bonchev–Trinajstić information content (AvgIpc) is 2.85. The van der Waals surface area contributed by atoms with Crippen LogP contribution in [0.1, 0.15) is 18.8 Å². The normalized spacial score (nSPS) is 12.3. The van der Waals surface area contributed by atoms with Crippen LogP contribution in [0.2, 0.25) is 0 Å². The molecule has 0 aliphatic heterocycles. The number of fused-ring (bicyclic) bond motifs is 1. The van der Waals surface area contributed by atoms with E-state index in [1.54, 1.807) is 19.1 Å². The molecule has 8 heteroatoms. The second-order valence-electron chi connectivity index (χ2n) is 4.95. The first-order valence-electron chi connectivity index (χ1n) is 6.75. The predicted molar refractivity (Wildman–Crippen MR) is 78.4 cm³/mol. The lowest BCUT2D eigenvalue weighted by atomic mass is 10.2. The summed E-state index contributed by atoms with van der Waals surface area (Å²) in [7, 11) is 0. The van der Waals surface area contributed by atoms with Gasteiger partial charge in [-0.15, -0.1) is 0 Å². The lowest BCUT2D eigenvalue weighted by molar-refractivity contribution is 0.190. The topological polar surface area (TPSA) is 80.0 Å². The third-order valence-electron chi connectivity index (χ3n) is 3.27. The summed E-state index contributed by atoms with van der Waals surface area (Å²) in [5.74, 6) is -1.21. The van der Waals surface area contributed by atoms with E-state index in [0.717, 1.165) is 18.2 Å². The minimum absolute atomic E-state index is 0.178. The van der Waals surface area contributed by atoms with E-state index in [9.17, 15) is 13.6 Å². The number of hydrogen-bond acceptors (Lipinski definition) is 3. The number of hydrogen-bond donors (Lipinski definition) is 2. The molecule has 6 nitrogen and oxygen atoms in total. The summed E-state index contributed by atoms with van der Waals surface area (Å²) < 4.78 is 28.6. The predicted octanol–water partition coefficient (Wildman–Crippen LogP) is 3.03. The molecule has 3 aromatic rings. The van der Waals surface area contributed by atoms with Gasteiger partial charge in [-0.1, -0.05) is 0 Å². The van der Waals surface area contributed by atoms with E-state index in [2.05, 4.69) is 15.3 Å². The Bertz CT molecular complexity index is 874. The molecule has 2 N–H and O–H groups in total. The Labute approximate surface area is 129 Å². The minimum Gasteiger partial charge on any atom is -0.465 e. The molecular weight excluding hydrogens is 306 g/mol. The van der Waals surface area contributed by atoms with Gasteiger partial charge < -0.3 is 10.4 Å². The monoisotopic (exact) mass is 318 g/mol. The summed E-state index contributed by atoms with van der Waals surface area (Å²) in [6, 6.07) is 5.68. The Balaban J connectivity index is 2.26. The van der Waals surface area contributed by atoms with Gasteiger partial charge in [-0.3, -0.25) is 4.57 Å². The van der Waals surface area contributed by atoms with Crippen LogP contribution < -0.4 is 5.32 Å². The molecule has 23 heavy (non-hydrogen) atoms. The molecule has 1 aromatic carbocycles. The number of carbonyl (C=O) groups is 1. The average molecular weight is 318 g/mol. The highest BCUT2D eigenvalue weighted by molar-refractivity contribution is 5.74. The maximum absolute atomic E-state index is 13.6. The van der Waals surface area contributed by atoms with Crippen molar-refractivity contribution < 1.29 is 18.7 Å². The molecule has 0 saturated carbocycles. The molecule has 0 spiro atoms. The highest BCUT2D eigenvalue weighted by Crippen LogP contribution is 2.25. The lowest BCUT2D eigenvalue weighted by Gasteiger charge is -2.14. The summed E-state index contributed by atoms with van der Waals surface area (Å²) in [4.78, 5) is 19.4. The molecule has 0 saturated heterocycles. The van der Waals surface area contributed by atoms with Gasteiger partial charge in [0.25, 0.3) is 0 Å². The van der Waals surface area contributed by atoms with Gasteiger partial charge in [-0.25, -0.2) is 23.5 Å². The number of amides is 1. The Kier molecular flexibility index (Phi) is 3.65.